The van der Waals surface area contributed by atoms with Crippen LogP contribution in [-0.2, 0) is 19.0 Å². The van der Waals surface area contributed by atoms with Crippen LogP contribution < -0.4 is 0 Å². The van der Waals surface area contributed by atoms with Crippen molar-refractivity contribution in [2.45, 2.75) is 38.7 Å². The second kappa shape index (κ2) is 5.68. The van der Waals surface area contributed by atoms with Gasteiger partial charge in [0.15, 0.2) is 0 Å². The van der Waals surface area contributed by atoms with Crippen LogP contribution in [0.3, 0.4) is 0 Å². The lowest BCUT2D eigenvalue weighted by Crippen LogP contribution is -2.14. The van der Waals surface area contributed by atoms with Crippen molar-refractivity contribution in [1.82, 2.24) is 0 Å². The zero-order valence-corrected chi connectivity index (χ0v) is 9.38. The van der Waals surface area contributed by atoms with E-state index < -0.39 is 10.1 Å². The fourth-order valence-electron chi connectivity index (χ4n) is 1.11. The van der Waals surface area contributed by atoms with E-state index in [1.54, 1.807) is 0 Å². The average molecular weight is 222 g/mol. The highest BCUT2D eigenvalue weighted by Crippen LogP contribution is 2.11. The number of epoxide rings is 1. The van der Waals surface area contributed by atoms with Crippen LogP contribution in [0.1, 0.15) is 32.6 Å². The highest BCUT2D eigenvalue weighted by atomic mass is 32.2. The van der Waals surface area contributed by atoms with Gasteiger partial charge < -0.3 is 4.74 Å². The first-order valence-electron chi connectivity index (χ1n) is 5.13. The van der Waals surface area contributed by atoms with Crippen molar-refractivity contribution < 1.29 is 17.3 Å². The molecule has 4 nitrogen and oxygen atoms in total. The van der Waals surface area contributed by atoms with Gasteiger partial charge in [-0.15, -0.1) is 0 Å². The second-order valence-corrected chi connectivity index (χ2v) is 5.32. The van der Waals surface area contributed by atoms with Crippen LogP contribution in [0.15, 0.2) is 0 Å². The standard InChI is InChI=1S/C9H18O4S/c1-2-3-4-5-6-14(10,11)13-8-9-7-12-9/h9H,2-8H2,1H3. The van der Waals surface area contributed by atoms with Crippen molar-refractivity contribution in [3.05, 3.63) is 0 Å². The van der Waals surface area contributed by atoms with Gasteiger partial charge in [-0.2, -0.15) is 8.42 Å². The fourth-order valence-corrected chi connectivity index (χ4v) is 2.14. The predicted molar refractivity (Wildman–Crippen MR) is 53.6 cm³/mol. The first-order valence-corrected chi connectivity index (χ1v) is 6.70. The van der Waals surface area contributed by atoms with Gasteiger partial charge in [0.1, 0.15) is 6.10 Å². The SMILES string of the molecule is CCCCCCS(=O)(=O)OCC1CO1. The molecule has 14 heavy (non-hydrogen) atoms. The van der Waals surface area contributed by atoms with E-state index >= 15 is 0 Å². The minimum absolute atomic E-state index is 0.0143. The predicted octanol–water partition coefficient (Wildman–Crippen LogP) is 1.31. The Bertz CT molecular complexity index is 244. The lowest BCUT2D eigenvalue weighted by atomic mass is 10.2. The molecule has 1 heterocycles. The molecule has 0 spiro atoms. The molecular formula is C9H18O4S. The lowest BCUT2D eigenvalue weighted by molar-refractivity contribution is 0.266. The van der Waals surface area contributed by atoms with Gasteiger partial charge in [0.25, 0.3) is 10.1 Å². The van der Waals surface area contributed by atoms with E-state index in [-0.39, 0.29) is 18.5 Å². The fraction of sp³-hybridized carbons (Fsp3) is 1.00. The molecule has 0 saturated carbocycles. The Hall–Kier alpha value is -0.130. The first-order chi connectivity index (χ1) is 6.64. The summed E-state index contributed by atoms with van der Waals surface area (Å²) in [6.07, 6.45) is 3.86. The smallest absolute Gasteiger partial charge is 0.267 e. The molecule has 0 aromatic heterocycles. The molecular weight excluding hydrogens is 204 g/mol. The molecule has 0 amide bonds. The van der Waals surface area contributed by atoms with Crippen LogP contribution in [0.5, 0.6) is 0 Å². The summed E-state index contributed by atoms with van der Waals surface area (Å²) in [7, 11) is -3.30. The monoisotopic (exact) mass is 222 g/mol. The van der Waals surface area contributed by atoms with Gasteiger partial charge in [-0.05, 0) is 6.42 Å². The summed E-state index contributed by atoms with van der Waals surface area (Å²) in [6, 6.07) is 0. The number of rotatable bonds is 8. The molecule has 0 aromatic carbocycles. The van der Waals surface area contributed by atoms with E-state index in [1.165, 1.54) is 0 Å². The maximum atomic E-state index is 11.2. The Morgan fingerprint density at radius 2 is 2.07 bits per heavy atom. The Morgan fingerprint density at radius 1 is 1.36 bits per heavy atom. The van der Waals surface area contributed by atoms with Crippen LogP contribution in [-0.4, -0.2) is 33.5 Å². The third-order valence-corrected chi connectivity index (χ3v) is 3.37. The highest BCUT2D eigenvalue weighted by molar-refractivity contribution is 7.86. The van der Waals surface area contributed by atoms with Crippen LogP contribution in [0, 0.1) is 0 Å². The Balaban J connectivity index is 2.06. The summed E-state index contributed by atoms with van der Waals surface area (Å²) >= 11 is 0. The summed E-state index contributed by atoms with van der Waals surface area (Å²) in [6.45, 7) is 2.91. The minimum atomic E-state index is -3.30. The van der Waals surface area contributed by atoms with E-state index in [4.69, 9.17) is 8.92 Å². The molecule has 1 aliphatic heterocycles. The van der Waals surface area contributed by atoms with Crippen molar-refractivity contribution in [2.75, 3.05) is 19.0 Å². The Morgan fingerprint density at radius 3 is 2.64 bits per heavy atom. The second-order valence-electron chi connectivity index (χ2n) is 3.56. The molecule has 1 unspecified atom stereocenters. The van der Waals surface area contributed by atoms with Crippen LogP contribution >= 0.6 is 0 Å². The average Bonchev–Trinajstić information content (AvgIpc) is 2.93. The molecule has 5 heteroatoms. The minimum Gasteiger partial charge on any atom is -0.371 e. The van der Waals surface area contributed by atoms with Gasteiger partial charge in [-0.25, -0.2) is 0 Å². The molecule has 0 bridgehead atoms. The van der Waals surface area contributed by atoms with Crippen molar-refractivity contribution in [1.29, 1.82) is 0 Å². The molecule has 1 atom stereocenters. The van der Waals surface area contributed by atoms with Crippen LogP contribution in [0.2, 0.25) is 0 Å². The van der Waals surface area contributed by atoms with Gasteiger partial charge in [0.2, 0.25) is 0 Å². The van der Waals surface area contributed by atoms with Gasteiger partial charge in [-0.1, -0.05) is 26.2 Å². The van der Waals surface area contributed by atoms with Crippen molar-refractivity contribution >= 4 is 10.1 Å². The maximum absolute atomic E-state index is 11.2. The van der Waals surface area contributed by atoms with Gasteiger partial charge in [-0.3, -0.25) is 4.18 Å². The summed E-state index contributed by atoms with van der Waals surface area (Å²) in [5.74, 6) is 0.139. The molecule has 0 aliphatic carbocycles. The van der Waals surface area contributed by atoms with E-state index in [2.05, 4.69) is 6.92 Å². The van der Waals surface area contributed by atoms with Gasteiger partial charge >= 0.3 is 0 Å². The molecule has 84 valence electrons. The molecule has 0 aromatic rings. The molecule has 1 aliphatic rings. The normalized spacial score (nSPS) is 21.1. The molecule has 0 N–H and O–H groups in total. The lowest BCUT2D eigenvalue weighted by Gasteiger charge is -2.03. The summed E-state index contributed by atoms with van der Waals surface area (Å²) in [5, 5.41) is 0. The largest absolute Gasteiger partial charge is 0.371 e. The van der Waals surface area contributed by atoms with E-state index in [0.29, 0.717) is 13.0 Å². The maximum Gasteiger partial charge on any atom is 0.267 e. The number of hydrogen-bond acceptors (Lipinski definition) is 4. The molecule has 1 fully saturated rings. The van der Waals surface area contributed by atoms with E-state index in [1.807, 2.05) is 0 Å². The van der Waals surface area contributed by atoms with E-state index in [0.717, 1.165) is 19.3 Å². The van der Waals surface area contributed by atoms with Crippen LogP contribution in [0.4, 0.5) is 0 Å². The number of ether oxygens (including phenoxy) is 1. The molecule has 1 rings (SSSR count). The molecule has 1 saturated heterocycles. The van der Waals surface area contributed by atoms with Gasteiger partial charge in [0, 0.05) is 0 Å². The number of hydrogen-bond donors (Lipinski definition) is 0. The zero-order chi connectivity index (χ0) is 10.4. The van der Waals surface area contributed by atoms with Gasteiger partial charge in [0.05, 0.1) is 19.0 Å². The Kier molecular flexibility index (Phi) is 4.84. The summed E-state index contributed by atoms with van der Waals surface area (Å²) in [5.41, 5.74) is 0. The topological polar surface area (TPSA) is 55.9 Å². The van der Waals surface area contributed by atoms with Crippen molar-refractivity contribution in [3.8, 4) is 0 Å². The molecule has 0 radical (unpaired) electrons. The van der Waals surface area contributed by atoms with Crippen LogP contribution in [0.25, 0.3) is 0 Å². The quantitative estimate of drug-likeness (QED) is 0.353. The Labute approximate surface area is 85.7 Å². The van der Waals surface area contributed by atoms with Crippen molar-refractivity contribution in [2.24, 2.45) is 0 Å². The summed E-state index contributed by atoms with van der Waals surface area (Å²) < 4.78 is 32.1. The zero-order valence-electron chi connectivity index (χ0n) is 8.57. The van der Waals surface area contributed by atoms with Crippen molar-refractivity contribution in [3.63, 3.8) is 0 Å². The highest BCUT2D eigenvalue weighted by Gasteiger charge is 2.25. The first kappa shape index (κ1) is 11.9. The summed E-state index contributed by atoms with van der Waals surface area (Å²) in [4.78, 5) is 0. The third kappa shape index (κ3) is 5.57. The number of unbranched alkanes of at least 4 members (excludes halogenated alkanes) is 3. The third-order valence-electron chi connectivity index (χ3n) is 2.08. The van der Waals surface area contributed by atoms with E-state index in [9.17, 15) is 8.42 Å².